The molecule has 1 aliphatic rings. The average molecular weight is 305 g/mol. The van der Waals surface area contributed by atoms with Gasteiger partial charge in [0.15, 0.2) is 0 Å². The van der Waals surface area contributed by atoms with E-state index in [1.165, 1.54) is 6.07 Å². The molecular formula is C17H18ClFN2. The molecule has 110 valence electrons. The highest BCUT2D eigenvalue weighted by Gasteiger charge is 2.26. The van der Waals surface area contributed by atoms with Gasteiger partial charge in [-0.25, -0.2) is 4.39 Å². The zero-order valence-corrected chi connectivity index (χ0v) is 12.4. The third-order valence-electron chi connectivity index (χ3n) is 3.99. The van der Waals surface area contributed by atoms with Crippen molar-refractivity contribution >= 4 is 17.3 Å². The fraction of sp³-hybridized carbons (Fsp3) is 0.294. The van der Waals surface area contributed by atoms with Crippen LogP contribution in [0.1, 0.15) is 17.9 Å². The first-order chi connectivity index (χ1) is 10.1. The molecule has 0 bridgehead atoms. The summed E-state index contributed by atoms with van der Waals surface area (Å²) in [4.78, 5) is 2.25. The van der Waals surface area contributed by atoms with Crippen LogP contribution >= 0.6 is 11.6 Å². The van der Waals surface area contributed by atoms with Gasteiger partial charge in [0.2, 0.25) is 0 Å². The quantitative estimate of drug-likeness (QED) is 0.914. The summed E-state index contributed by atoms with van der Waals surface area (Å²) in [5.74, 6) is 0.0600. The molecule has 2 atom stereocenters. The number of piperidine rings is 1. The van der Waals surface area contributed by atoms with Crippen LogP contribution in [0.5, 0.6) is 0 Å². The fourth-order valence-electron chi connectivity index (χ4n) is 3.00. The summed E-state index contributed by atoms with van der Waals surface area (Å²) in [5.41, 5.74) is 8.32. The summed E-state index contributed by atoms with van der Waals surface area (Å²) in [5, 5.41) is 0.724. The van der Waals surface area contributed by atoms with E-state index in [0.29, 0.717) is 0 Å². The van der Waals surface area contributed by atoms with Crippen LogP contribution in [0.2, 0.25) is 5.02 Å². The van der Waals surface area contributed by atoms with Gasteiger partial charge in [-0.2, -0.15) is 0 Å². The molecular weight excluding hydrogens is 287 g/mol. The lowest BCUT2D eigenvalue weighted by Crippen LogP contribution is -2.46. The van der Waals surface area contributed by atoms with Crippen molar-refractivity contribution in [3.63, 3.8) is 0 Å². The van der Waals surface area contributed by atoms with Gasteiger partial charge in [0.1, 0.15) is 5.82 Å². The highest BCUT2D eigenvalue weighted by molar-refractivity contribution is 6.30. The summed E-state index contributed by atoms with van der Waals surface area (Å²) >= 11 is 5.94. The molecule has 2 N–H and O–H groups in total. The lowest BCUT2D eigenvalue weighted by atomic mass is 9.88. The maximum Gasteiger partial charge on any atom is 0.123 e. The van der Waals surface area contributed by atoms with Gasteiger partial charge >= 0.3 is 0 Å². The number of benzene rings is 2. The number of halogens is 2. The normalized spacial score (nSPS) is 22.3. The van der Waals surface area contributed by atoms with E-state index in [4.69, 9.17) is 17.3 Å². The number of hydrogen-bond donors (Lipinski definition) is 1. The Kier molecular flexibility index (Phi) is 4.13. The summed E-state index contributed by atoms with van der Waals surface area (Å²) < 4.78 is 13.4. The monoisotopic (exact) mass is 304 g/mol. The van der Waals surface area contributed by atoms with E-state index in [1.807, 2.05) is 30.3 Å². The molecule has 1 fully saturated rings. The number of nitrogens with zero attached hydrogens (tertiary/aromatic N) is 1. The van der Waals surface area contributed by atoms with Crippen LogP contribution < -0.4 is 10.6 Å². The summed E-state index contributed by atoms with van der Waals surface area (Å²) in [6.45, 7) is 1.66. The predicted molar refractivity (Wildman–Crippen MR) is 85.4 cm³/mol. The molecule has 1 heterocycles. The van der Waals surface area contributed by atoms with E-state index >= 15 is 0 Å². The van der Waals surface area contributed by atoms with Crippen molar-refractivity contribution in [3.05, 3.63) is 64.9 Å². The average Bonchev–Trinajstić information content (AvgIpc) is 2.47. The van der Waals surface area contributed by atoms with Crippen molar-refractivity contribution in [1.29, 1.82) is 0 Å². The second-order valence-electron chi connectivity index (χ2n) is 5.63. The van der Waals surface area contributed by atoms with Crippen molar-refractivity contribution < 1.29 is 4.39 Å². The lowest BCUT2D eigenvalue weighted by Gasteiger charge is -2.38. The maximum atomic E-state index is 13.4. The Bertz CT molecular complexity index is 614. The van der Waals surface area contributed by atoms with Gasteiger partial charge in [-0.05, 0) is 48.4 Å². The third-order valence-corrected chi connectivity index (χ3v) is 4.25. The van der Waals surface area contributed by atoms with Gasteiger partial charge in [-0.1, -0.05) is 23.7 Å². The Morgan fingerprint density at radius 3 is 2.57 bits per heavy atom. The van der Waals surface area contributed by atoms with Crippen LogP contribution in [0.15, 0.2) is 48.5 Å². The van der Waals surface area contributed by atoms with E-state index < -0.39 is 0 Å². The van der Waals surface area contributed by atoms with Crippen molar-refractivity contribution in [1.82, 2.24) is 0 Å². The van der Waals surface area contributed by atoms with Crippen molar-refractivity contribution in [3.8, 4) is 0 Å². The minimum Gasteiger partial charge on any atom is -0.369 e. The van der Waals surface area contributed by atoms with Crippen molar-refractivity contribution in [2.75, 3.05) is 18.0 Å². The molecule has 2 unspecified atom stereocenters. The van der Waals surface area contributed by atoms with Gasteiger partial charge < -0.3 is 10.6 Å². The molecule has 2 aromatic rings. The molecule has 1 saturated heterocycles. The zero-order chi connectivity index (χ0) is 14.8. The van der Waals surface area contributed by atoms with Crippen molar-refractivity contribution in [2.45, 2.75) is 18.4 Å². The Morgan fingerprint density at radius 2 is 1.86 bits per heavy atom. The van der Waals surface area contributed by atoms with E-state index in [2.05, 4.69) is 4.90 Å². The smallest absolute Gasteiger partial charge is 0.123 e. The van der Waals surface area contributed by atoms with E-state index in [-0.39, 0.29) is 17.8 Å². The highest BCUT2D eigenvalue weighted by atomic mass is 35.5. The molecule has 3 rings (SSSR count). The van der Waals surface area contributed by atoms with Gasteiger partial charge in [0.25, 0.3) is 0 Å². The minimum absolute atomic E-state index is 0.0858. The van der Waals surface area contributed by atoms with Crippen LogP contribution in [-0.2, 0) is 0 Å². The highest BCUT2D eigenvalue weighted by Crippen LogP contribution is 2.30. The third kappa shape index (κ3) is 3.36. The molecule has 2 aromatic carbocycles. The minimum atomic E-state index is -0.190. The molecule has 0 radical (unpaired) electrons. The van der Waals surface area contributed by atoms with Gasteiger partial charge in [0, 0.05) is 35.8 Å². The SMILES string of the molecule is NC1CC(c2cccc(F)c2)CN(c2ccc(Cl)cc2)C1. The summed E-state index contributed by atoms with van der Waals surface area (Å²) in [6, 6.07) is 14.7. The number of hydrogen-bond acceptors (Lipinski definition) is 2. The number of anilines is 1. The first kappa shape index (κ1) is 14.4. The molecule has 0 aliphatic carbocycles. The van der Waals surface area contributed by atoms with Crippen LogP contribution in [0.3, 0.4) is 0 Å². The van der Waals surface area contributed by atoms with Crippen LogP contribution in [0, 0.1) is 5.82 Å². The molecule has 4 heteroatoms. The molecule has 21 heavy (non-hydrogen) atoms. The Hall–Kier alpha value is -1.58. The van der Waals surface area contributed by atoms with E-state index in [1.54, 1.807) is 12.1 Å². The topological polar surface area (TPSA) is 29.3 Å². The second kappa shape index (κ2) is 6.04. The first-order valence-corrected chi connectivity index (χ1v) is 7.51. The van der Waals surface area contributed by atoms with E-state index in [9.17, 15) is 4.39 Å². The number of nitrogens with two attached hydrogens (primary N) is 1. The Labute approximate surface area is 129 Å². The number of rotatable bonds is 2. The largest absolute Gasteiger partial charge is 0.369 e. The standard InChI is InChI=1S/C17H18ClFN2/c18-14-4-6-17(7-5-14)21-10-13(9-16(20)11-21)12-2-1-3-15(19)8-12/h1-8,13,16H,9-11,20H2. The molecule has 2 nitrogen and oxygen atoms in total. The fourth-order valence-corrected chi connectivity index (χ4v) is 3.13. The predicted octanol–water partition coefficient (Wildman–Crippen LogP) is 3.80. The molecule has 0 amide bonds. The Balaban J connectivity index is 1.83. The maximum absolute atomic E-state index is 13.4. The second-order valence-corrected chi connectivity index (χ2v) is 6.07. The molecule has 1 aliphatic heterocycles. The molecule has 0 spiro atoms. The summed E-state index contributed by atoms with van der Waals surface area (Å²) in [6.07, 6.45) is 0.882. The first-order valence-electron chi connectivity index (χ1n) is 7.13. The molecule has 0 saturated carbocycles. The van der Waals surface area contributed by atoms with Gasteiger partial charge in [-0.3, -0.25) is 0 Å². The van der Waals surface area contributed by atoms with Crippen LogP contribution in [0.25, 0.3) is 0 Å². The zero-order valence-electron chi connectivity index (χ0n) is 11.7. The Morgan fingerprint density at radius 1 is 1.10 bits per heavy atom. The van der Waals surface area contributed by atoms with Gasteiger partial charge in [0.05, 0.1) is 0 Å². The van der Waals surface area contributed by atoms with E-state index in [0.717, 1.165) is 35.8 Å². The lowest BCUT2D eigenvalue weighted by molar-refractivity contribution is 0.452. The van der Waals surface area contributed by atoms with Crippen LogP contribution in [0.4, 0.5) is 10.1 Å². The van der Waals surface area contributed by atoms with Gasteiger partial charge in [-0.15, -0.1) is 0 Å². The van der Waals surface area contributed by atoms with Crippen LogP contribution in [-0.4, -0.2) is 19.1 Å². The van der Waals surface area contributed by atoms with Crippen molar-refractivity contribution in [2.24, 2.45) is 5.73 Å². The summed E-state index contributed by atoms with van der Waals surface area (Å²) in [7, 11) is 0. The molecule has 0 aromatic heterocycles.